The van der Waals surface area contributed by atoms with Crippen molar-refractivity contribution in [2.24, 2.45) is 5.92 Å². The maximum absolute atomic E-state index is 5.64. The normalized spacial score (nSPS) is 19.1. The van der Waals surface area contributed by atoms with Crippen molar-refractivity contribution in [2.75, 3.05) is 6.61 Å². The van der Waals surface area contributed by atoms with Crippen LogP contribution in [0.4, 0.5) is 0 Å². The Morgan fingerprint density at radius 1 is 1.22 bits per heavy atom. The van der Waals surface area contributed by atoms with Crippen LogP contribution in [0, 0.1) is 5.92 Å². The van der Waals surface area contributed by atoms with E-state index in [2.05, 4.69) is 22.4 Å². The van der Waals surface area contributed by atoms with Gasteiger partial charge in [0.2, 0.25) is 0 Å². The van der Waals surface area contributed by atoms with Crippen LogP contribution in [-0.2, 0) is 17.9 Å². The van der Waals surface area contributed by atoms with E-state index < -0.39 is 0 Å². The average Bonchev–Trinajstić information content (AvgIpc) is 3.28. The van der Waals surface area contributed by atoms with Crippen LogP contribution in [0.25, 0.3) is 0 Å². The van der Waals surface area contributed by atoms with Gasteiger partial charge in [-0.25, -0.2) is 0 Å². The zero-order valence-electron chi connectivity index (χ0n) is 10.9. The molecular formula is C15H22N2O. The van der Waals surface area contributed by atoms with Gasteiger partial charge in [0.15, 0.2) is 0 Å². The van der Waals surface area contributed by atoms with Crippen molar-refractivity contribution in [3.05, 3.63) is 29.6 Å². The number of aromatic nitrogens is 1. The fourth-order valence-electron chi connectivity index (χ4n) is 2.03. The SMILES string of the molecule is c1cc(COCCC2CC2)ncc1CNC1CC1. The van der Waals surface area contributed by atoms with Crippen LogP contribution in [-0.4, -0.2) is 17.6 Å². The second kappa shape index (κ2) is 5.81. The van der Waals surface area contributed by atoms with E-state index in [0.717, 1.165) is 30.8 Å². The summed E-state index contributed by atoms with van der Waals surface area (Å²) in [6.07, 6.45) is 8.67. The molecule has 0 spiro atoms. The van der Waals surface area contributed by atoms with E-state index in [4.69, 9.17) is 4.74 Å². The van der Waals surface area contributed by atoms with Crippen molar-refractivity contribution in [1.29, 1.82) is 0 Å². The molecule has 0 radical (unpaired) electrons. The first-order chi connectivity index (χ1) is 8.90. The zero-order chi connectivity index (χ0) is 12.2. The minimum absolute atomic E-state index is 0.656. The van der Waals surface area contributed by atoms with Gasteiger partial charge < -0.3 is 10.1 Å². The van der Waals surface area contributed by atoms with Crippen molar-refractivity contribution in [3.63, 3.8) is 0 Å². The quantitative estimate of drug-likeness (QED) is 0.716. The lowest BCUT2D eigenvalue weighted by Gasteiger charge is -2.05. The Hall–Kier alpha value is -0.930. The molecule has 2 fully saturated rings. The van der Waals surface area contributed by atoms with Crippen LogP contribution >= 0.6 is 0 Å². The Bertz CT molecular complexity index is 369. The smallest absolute Gasteiger partial charge is 0.0887 e. The molecule has 0 amide bonds. The highest BCUT2D eigenvalue weighted by atomic mass is 16.5. The number of nitrogens with one attached hydrogen (secondary N) is 1. The number of pyridine rings is 1. The van der Waals surface area contributed by atoms with Gasteiger partial charge in [0.05, 0.1) is 12.3 Å². The highest BCUT2D eigenvalue weighted by molar-refractivity contribution is 5.13. The van der Waals surface area contributed by atoms with Crippen LogP contribution in [0.15, 0.2) is 18.3 Å². The molecule has 3 rings (SSSR count). The van der Waals surface area contributed by atoms with Gasteiger partial charge in [-0.3, -0.25) is 4.98 Å². The topological polar surface area (TPSA) is 34.1 Å². The molecule has 3 heteroatoms. The molecule has 0 aromatic carbocycles. The summed E-state index contributed by atoms with van der Waals surface area (Å²) in [7, 11) is 0. The largest absolute Gasteiger partial charge is 0.375 e. The molecule has 0 bridgehead atoms. The third-order valence-electron chi connectivity index (χ3n) is 3.68. The fraction of sp³-hybridized carbons (Fsp3) is 0.667. The lowest BCUT2D eigenvalue weighted by molar-refractivity contribution is 0.112. The zero-order valence-corrected chi connectivity index (χ0v) is 10.9. The number of hydrogen-bond acceptors (Lipinski definition) is 3. The predicted molar refractivity (Wildman–Crippen MR) is 71.1 cm³/mol. The molecule has 2 aliphatic rings. The van der Waals surface area contributed by atoms with Crippen LogP contribution < -0.4 is 5.32 Å². The van der Waals surface area contributed by atoms with Crippen molar-refractivity contribution >= 4 is 0 Å². The standard InChI is InChI=1S/C15H22N2O/c1-2-12(1)7-8-18-11-15-4-3-13(10-17-15)9-16-14-5-6-14/h3-4,10,12,14,16H,1-2,5-9,11H2. The average molecular weight is 246 g/mol. The molecule has 1 aromatic rings. The second-order valence-electron chi connectivity index (χ2n) is 5.60. The van der Waals surface area contributed by atoms with E-state index in [1.54, 1.807) is 0 Å². The molecular weight excluding hydrogens is 224 g/mol. The molecule has 18 heavy (non-hydrogen) atoms. The van der Waals surface area contributed by atoms with Gasteiger partial charge in [-0.1, -0.05) is 18.9 Å². The van der Waals surface area contributed by atoms with E-state index in [0.29, 0.717) is 6.61 Å². The summed E-state index contributed by atoms with van der Waals surface area (Å²) in [6.45, 7) is 2.49. The van der Waals surface area contributed by atoms with E-state index in [1.165, 1.54) is 37.7 Å². The summed E-state index contributed by atoms with van der Waals surface area (Å²) in [5.74, 6) is 0.953. The second-order valence-corrected chi connectivity index (χ2v) is 5.60. The van der Waals surface area contributed by atoms with Crippen molar-refractivity contribution in [1.82, 2.24) is 10.3 Å². The Labute approximate surface area is 109 Å². The summed E-state index contributed by atoms with van der Waals surface area (Å²) >= 11 is 0. The molecule has 1 heterocycles. The highest BCUT2D eigenvalue weighted by Gasteiger charge is 2.20. The lowest BCUT2D eigenvalue weighted by Crippen LogP contribution is -2.15. The van der Waals surface area contributed by atoms with Crippen molar-refractivity contribution < 1.29 is 4.74 Å². The van der Waals surface area contributed by atoms with Crippen molar-refractivity contribution in [3.8, 4) is 0 Å². The Balaban J connectivity index is 1.35. The predicted octanol–water partition coefficient (Wildman–Crippen LogP) is 2.65. The molecule has 0 saturated heterocycles. The van der Waals surface area contributed by atoms with Gasteiger partial charge in [-0.2, -0.15) is 0 Å². The van der Waals surface area contributed by atoms with Crippen LogP contribution in [0.5, 0.6) is 0 Å². The third kappa shape index (κ3) is 4.07. The molecule has 0 atom stereocenters. The highest BCUT2D eigenvalue weighted by Crippen LogP contribution is 2.32. The Morgan fingerprint density at radius 2 is 2.11 bits per heavy atom. The van der Waals surface area contributed by atoms with Crippen LogP contribution in [0.2, 0.25) is 0 Å². The summed E-state index contributed by atoms with van der Waals surface area (Å²) in [6, 6.07) is 5.00. The van der Waals surface area contributed by atoms with E-state index in [1.807, 2.05) is 6.20 Å². The summed E-state index contributed by atoms with van der Waals surface area (Å²) in [5.41, 5.74) is 2.31. The number of nitrogens with zero attached hydrogens (tertiary/aromatic N) is 1. The Kier molecular flexibility index (Phi) is 3.91. The summed E-state index contributed by atoms with van der Waals surface area (Å²) < 4.78 is 5.64. The molecule has 1 aromatic heterocycles. The lowest BCUT2D eigenvalue weighted by atomic mass is 10.2. The molecule has 1 N–H and O–H groups in total. The first-order valence-electron chi connectivity index (χ1n) is 7.15. The molecule has 3 nitrogen and oxygen atoms in total. The molecule has 2 saturated carbocycles. The maximum atomic E-state index is 5.64. The molecule has 2 aliphatic carbocycles. The first kappa shape index (κ1) is 12.1. The fourth-order valence-corrected chi connectivity index (χ4v) is 2.03. The van der Waals surface area contributed by atoms with Crippen LogP contribution in [0.1, 0.15) is 43.4 Å². The van der Waals surface area contributed by atoms with Gasteiger partial charge in [-0.05, 0) is 36.8 Å². The van der Waals surface area contributed by atoms with Crippen molar-refractivity contribution in [2.45, 2.75) is 51.3 Å². The van der Waals surface area contributed by atoms with Gasteiger partial charge in [0.1, 0.15) is 0 Å². The van der Waals surface area contributed by atoms with E-state index >= 15 is 0 Å². The third-order valence-corrected chi connectivity index (χ3v) is 3.68. The maximum Gasteiger partial charge on any atom is 0.0887 e. The number of ether oxygens (including phenoxy) is 1. The number of rotatable bonds is 8. The van der Waals surface area contributed by atoms with Gasteiger partial charge >= 0.3 is 0 Å². The minimum Gasteiger partial charge on any atom is -0.375 e. The van der Waals surface area contributed by atoms with Gasteiger partial charge in [0.25, 0.3) is 0 Å². The van der Waals surface area contributed by atoms with Gasteiger partial charge in [-0.15, -0.1) is 0 Å². The number of hydrogen-bond donors (Lipinski definition) is 1. The van der Waals surface area contributed by atoms with E-state index in [-0.39, 0.29) is 0 Å². The Morgan fingerprint density at radius 3 is 2.78 bits per heavy atom. The molecule has 98 valence electrons. The minimum atomic E-state index is 0.656. The molecule has 0 unspecified atom stereocenters. The summed E-state index contributed by atoms with van der Waals surface area (Å²) in [5, 5.41) is 3.49. The van der Waals surface area contributed by atoms with Crippen LogP contribution in [0.3, 0.4) is 0 Å². The van der Waals surface area contributed by atoms with Gasteiger partial charge in [0, 0.05) is 25.4 Å². The monoisotopic (exact) mass is 246 g/mol. The summed E-state index contributed by atoms with van der Waals surface area (Å²) in [4.78, 5) is 4.44. The first-order valence-corrected chi connectivity index (χ1v) is 7.15. The molecule has 0 aliphatic heterocycles. The van der Waals surface area contributed by atoms with E-state index in [9.17, 15) is 0 Å².